The van der Waals surface area contributed by atoms with Crippen LogP contribution in [0, 0.1) is 0 Å². The van der Waals surface area contributed by atoms with Crippen molar-refractivity contribution in [2.45, 2.75) is 18.2 Å². The Bertz CT molecular complexity index is 246. The van der Waals surface area contributed by atoms with Gasteiger partial charge in [-0.15, -0.1) is 0 Å². The van der Waals surface area contributed by atoms with Crippen LogP contribution in [-0.2, 0) is 4.79 Å². The first-order chi connectivity index (χ1) is 6.09. The van der Waals surface area contributed by atoms with Crippen molar-refractivity contribution in [1.29, 1.82) is 0 Å². The molecule has 0 aliphatic carbocycles. The van der Waals surface area contributed by atoms with Crippen LogP contribution in [-0.4, -0.2) is 59.3 Å². The number of hydrogen-bond acceptors (Lipinski definition) is 4. The Hall–Kier alpha value is -0.650. The van der Waals surface area contributed by atoms with Gasteiger partial charge in [0, 0.05) is 19.5 Å². The molecule has 0 radical (unpaired) electrons. The van der Waals surface area contributed by atoms with E-state index in [1.54, 1.807) is 4.90 Å². The molecule has 2 heterocycles. The monoisotopic (exact) mass is 185 g/mol. The molecular formula is C8H15N3O2. The predicted molar refractivity (Wildman–Crippen MR) is 46.8 cm³/mol. The minimum Gasteiger partial charge on any atom is -0.373 e. The molecule has 2 saturated heterocycles. The van der Waals surface area contributed by atoms with Crippen molar-refractivity contribution in [3.8, 4) is 0 Å². The average Bonchev–Trinajstić information content (AvgIpc) is 2.40. The highest BCUT2D eigenvalue weighted by Gasteiger charge is 2.58. The van der Waals surface area contributed by atoms with Gasteiger partial charge in [-0.05, 0) is 7.05 Å². The molecule has 5 nitrogen and oxygen atoms in total. The van der Waals surface area contributed by atoms with Crippen LogP contribution in [0.15, 0.2) is 0 Å². The van der Waals surface area contributed by atoms with Gasteiger partial charge in [0.25, 0.3) is 0 Å². The number of hydrogen-bond donors (Lipinski definition) is 2. The first kappa shape index (κ1) is 8.93. The van der Waals surface area contributed by atoms with Crippen LogP contribution in [0.25, 0.3) is 0 Å². The molecule has 0 spiro atoms. The van der Waals surface area contributed by atoms with Crippen LogP contribution >= 0.6 is 0 Å². The van der Waals surface area contributed by atoms with Gasteiger partial charge in [-0.25, -0.2) is 0 Å². The lowest BCUT2D eigenvalue weighted by molar-refractivity contribution is -0.194. The van der Waals surface area contributed by atoms with Crippen molar-refractivity contribution in [1.82, 2.24) is 9.80 Å². The van der Waals surface area contributed by atoms with Crippen molar-refractivity contribution in [3.63, 3.8) is 0 Å². The van der Waals surface area contributed by atoms with Crippen LogP contribution in [0.5, 0.6) is 0 Å². The molecule has 0 unspecified atom stereocenters. The summed E-state index contributed by atoms with van der Waals surface area (Å²) in [4.78, 5) is 14.9. The Morgan fingerprint density at radius 3 is 2.92 bits per heavy atom. The third kappa shape index (κ3) is 1.01. The summed E-state index contributed by atoms with van der Waals surface area (Å²) in [6.45, 7) is 1.42. The standard InChI is InChI=1S/C8H15N3O2/c1-10-5-6-8(10,13)2-3-11(6)7(12)4-9/h6,13H,2-5,9H2,1H3/t6-,8+/m1/s1. The van der Waals surface area contributed by atoms with E-state index in [-0.39, 0.29) is 18.5 Å². The van der Waals surface area contributed by atoms with Gasteiger partial charge in [0.1, 0.15) is 5.72 Å². The fraction of sp³-hybridized carbons (Fsp3) is 0.875. The van der Waals surface area contributed by atoms with Crippen molar-refractivity contribution in [2.24, 2.45) is 5.73 Å². The summed E-state index contributed by atoms with van der Waals surface area (Å²) in [6, 6.07) is -0.0338. The number of carbonyl (C=O) groups is 1. The van der Waals surface area contributed by atoms with E-state index in [1.165, 1.54) is 0 Å². The Morgan fingerprint density at radius 1 is 1.77 bits per heavy atom. The van der Waals surface area contributed by atoms with Gasteiger partial charge < -0.3 is 15.7 Å². The summed E-state index contributed by atoms with van der Waals surface area (Å²) in [7, 11) is 1.87. The lowest BCUT2D eigenvalue weighted by atomic mass is 9.93. The largest absolute Gasteiger partial charge is 0.373 e. The fourth-order valence-electron chi connectivity index (χ4n) is 2.27. The zero-order valence-electron chi connectivity index (χ0n) is 7.73. The number of likely N-dealkylation sites (N-methyl/N-ethyl adjacent to an activating group) is 1. The minimum absolute atomic E-state index is 0.0338. The number of fused-ring (bicyclic) bond motifs is 1. The van der Waals surface area contributed by atoms with Gasteiger partial charge in [-0.1, -0.05) is 0 Å². The van der Waals surface area contributed by atoms with E-state index in [4.69, 9.17) is 5.73 Å². The molecule has 0 saturated carbocycles. The Balaban J connectivity index is 2.10. The number of carbonyl (C=O) groups excluding carboxylic acids is 1. The van der Waals surface area contributed by atoms with E-state index in [1.807, 2.05) is 11.9 Å². The van der Waals surface area contributed by atoms with Crippen LogP contribution in [0.4, 0.5) is 0 Å². The number of likely N-dealkylation sites (tertiary alicyclic amines) is 2. The molecule has 3 N–H and O–H groups in total. The van der Waals surface area contributed by atoms with Crippen LogP contribution in [0.2, 0.25) is 0 Å². The van der Waals surface area contributed by atoms with Crippen LogP contribution < -0.4 is 5.73 Å². The van der Waals surface area contributed by atoms with Gasteiger partial charge in [-0.2, -0.15) is 0 Å². The third-order valence-electron chi connectivity index (χ3n) is 3.23. The van der Waals surface area contributed by atoms with Crippen molar-refractivity contribution >= 4 is 5.91 Å². The van der Waals surface area contributed by atoms with E-state index in [2.05, 4.69) is 0 Å². The summed E-state index contributed by atoms with van der Waals surface area (Å²) in [5.74, 6) is -0.0611. The summed E-state index contributed by atoms with van der Waals surface area (Å²) >= 11 is 0. The van der Waals surface area contributed by atoms with Gasteiger partial charge in [0.2, 0.25) is 5.91 Å². The first-order valence-electron chi connectivity index (χ1n) is 4.53. The number of nitrogens with zero attached hydrogens (tertiary/aromatic N) is 2. The van der Waals surface area contributed by atoms with E-state index in [9.17, 15) is 9.90 Å². The smallest absolute Gasteiger partial charge is 0.236 e. The molecule has 5 heteroatoms. The fourth-order valence-corrected chi connectivity index (χ4v) is 2.27. The van der Waals surface area contributed by atoms with Crippen LogP contribution in [0.1, 0.15) is 6.42 Å². The van der Waals surface area contributed by atoms with E-state index in [0.717, 1.165) is 6.54 Å². The van der Waals surface area contributed by atoms with Gasteiger partial charge >= 0.3 is 0 Å². The maximum absolute atomic E-state index is 11.3. The summed E-state index contributed by atoms with van der Waals surface area (Å²) in [5.41, 5.74) is 4.50. The second-order valence-electron chi connectivity index (χ2n) is 3.82. The summed E-state index contributed by atoms with van der Waals surface area (Å²) < 4.78 is 0. The van der Waals surface area contributed by atoms with Crippen molar-refractivity contribution in [3.05, 3.63) is 0 Å². The Labute approximate surface area is 77.1 Å². The molecule has 74 valence electrons. The van der Waals surface area contributed by atoms with Crippen LogP contribution in [0.3, 0.4) is 0 Å². The number of nitrogens with two attached hydrogens (primary N) is 1. The van der Waals surface area contributed by atoms with E-state index >= 15 is 0 Å². The van der Waals surface area contributed by atoms with Gasteiger partial charge in [0.15, 0.2) is 0 Å². The average molecular weight is 185 g/mol. The second kappa shape index (κ2) is 2.67. The lowest BCUT2D eigenvalue weighted by Crippen LogP contribution is -2.70. The molecule has 2 rings (SSSR count). The highest BCUT2D eigenvalue weighted by Crippen LogP contribution is 2.39. The van der Waals surface area contributed by atoms with E-state index in [0.29, 0.717) is 13.0 Å². The molecule has 2 aliphatic heterocycles. The zero-order valence-corrected chi connectivity index (χ0v) is 7.73. The molecule has 0 aromatic rings. The van der Waals surface area contributed by atoms with Crippen molar-refractivity contribution in [2.75, 3.05) is 26.7 Å². The maximum Gasteiger partial charge on any atom is 0.236 e. The molecule has 0 aromatic carbocycles. The number of rotatable bonds is 1. The zero-order chi connectivity index (χ0) is 9.64. The van der Waals surface area contributed by atoms with Gasteiger partial charge in [-0.3, -0.25) is 9.69 Å². The van der Waals surface area contributed by atoms with Crippen molar-refractivity contribution < 1.29 is 9.90 Å². The summed E-state index contributed by atoms with van der Waals surface area (Å²) in [5, 5.41) is 10.0. The molecule has 1 amide bonds. The highest BCUT2D eigenvalue weighted by atomic mass is 16.3. The maximum atomic E-state index is 11.3. The lowest BCUT2D eigenvalue weighted by Gasteiger charge is -2.51. The predicted octanol–water partition coefficient (Wildman–Crippen LogP) is -1.82. The highest BCUT2D eigenvalue weighted by molar-refractivity contribution is 5.79. The first-order valence-corrected chi connectivity index (χ1v) is 4.53. The molecule has 2 fully saturated rings. The number of aliphatic hydroxyl groups is 1. The second-order valence-corrected chi connectivity index (χ2v) is 3.82. The summed E-state index contributed by atoms with van der Waals surface area (Å²) in [6.07, 6.45) is 0.639. The molecule has 13 heavy (non-hydrogen) atoms. The minimum atomic E-state index is -0.773. The molecule has 2 atom stereocenters. The topological polar surface area (TPSA) is 69.8 Å². The molecule has 0 bridgehead atoms. The van der Waals surface area contributed by atoms with Gasteiger partial charge in [0.05, 0.1) is 12.6 Å². The molecule has 0 aromatic heterocycles. The Kier molecular flexibility index (Phi) is 1.83. The third-order valence-corrected chi connectivity index (χ3v) is 3.23. The number of amides is 1. The quantitative estimate of drug-likeness (QED) is 0.504. The Morgan fingerprint density at radius 2 is 2.46 bits per heavy atom. The normalized spacial score (nSPS) is 38.7. The van der Waals surface area contributed by atoms with E-state index < -0.39 is 5.72 Å². The molecule has 2 aliphatic rings. The SMILES string of the molecule is CN1C[C@H]2N(C(=O)CN)CC[C@]21O. The molecular weight excluding hydrogens is 170 g/mol.